The predicted molar refractivity (Wildman–Crippen MR) is 101 cm³/mol. The van der Waals surface area contributed by atoms with Crippen LogP contribution in [0.25, 0.3) is 20.9 Å². The summed E-state index contributed by atoms with van der Waals surface area (Å²) in [5.74, 6) is -0.283. The van der Waals surface area contributed by atoms with Crippen molar-refractivity contribution in [3.05, 3.63) is 50.2 Å². The summed E-state index contributed by atoms with van der Waals surface area (Å²) in [5, 5.41) is 10.0. The highest BCUT2D eigenvalue weighted by atomic mass is 31.2. The molecule has 26 heavy (non-hydrogen) atoms. The maximum Gasteiger partial charge on any atom is 0.251 e. The van der Waals surface area contributed by atoms with Crippen molar-refractivity contribution in [3.8, 4) is 0 Å². The lowest BCUT2D eigenvalue weighted by atomic mass is 9.94. The number of carbonyl (C=O) groups is 1. The van der Waals surface area contributed by atoms with Gasteiger partial charge in [-0.05, 0) is 67.4 Å². The number of rotatable bonds is 6. The highest BCUT2D eigenvalue weighted by molar-refractivity contribution is 7.63. The topological polar surface area (TPSA) is 144 Å². The van der Waals surface area contributed by atoms with Gasteiger partial charge in [0.05, 0.1) is 13.7 Å². The van der Waals surface area contributed by atoms with Crippen LogP contribution in [0.4, 0.5) is 5.69 Å². The molecule has 0 radical (unpaired) electrons. The maximum absolute atomic E-state index is 12.6. The summed E-state index contributed by atoms with van der Waals surface area (Å²) in [6.07, 6.45) is 3.42. The monoisotopic (exact) mass is 375 g/mol. The molecule has 0 saturated heterocycles. The molecule has 0 bridgehead atoms. The molecule has 0 spiro atoms. The number of nitrogens with zero attached hydrogens (tertiary/aromatic N) is 6. The highest BCUT2D eigenvalue weighted by Gasteiger charge is 2.30. The van der Waals surface area contributed by atoms with Gasteiger partial charge in [0.1, 0.15) is 0 Å². The number of nitrogens with one attached hydrogen (secondary N) is 1. The van der Waals surface area contributed by atoms with Crippen LogP contribution >= 0.6 is 7.14 Å². The minimum Gasteiger partial charge on any atom is -0.349 e. The van der Waals surface area contributed by atoms with Crippen LogP contribution in [0.3, 0.4) is 0 Å². The molecule has 138 valence electrons. The second-order valence-electron chi connectivity index (χ2n) is 6.89. The van der Waals surface area contributed by atoms with E-state index in [0.29, 0.717) is 17.5 Å². The van der Waals surface area contributed by atoms with Gasteiger partial charge in [-0.3, -0.25) is 4.79 Å². The first-order chi connectivity index (χ1) is 12.3. The lowest BCUT2D eigenvalue weighted by Crippen LogP contribution is -2.39. The van der Waals surface area contributed by atoms with Crippen LogP contribution in [0.5, 0.6) is 0 Å². The number of carbonyl (C=O) groups excluding carboxylic acids is 1. The first kappa shape index (κ1) is 19.9. The largest absolute Gasteiger partial charge is 0.349 e. The first-order valence-corrected chi connectivity index (χ1v) is 11.1. The van der Waals surface area contributed by atoms with Crippen molar-refractivity contribution in [2.45, 2.75) is 43.9 Å². The van der Waals surface area contributed by atoms with Gasteiger partial charge in [-0.25, -0.2) is 0 Å². The summed E-state index contributed by atoms with van der Waals surface area (Å²) < 4.78 is 12.3. The van der Waals surface area contributed by atoms with E-state index in [2.05, 4.69) is 25.4 Å². The van der Waals surface area contributed by atoms with E-state index < -0.39 is 7.14 Å². The summed E-state index contributed by atoms with van der Waals surface area (Å²) in [6.45, 7) is 3.66. The zero-order valence-electron chi connectivity index (χ0n) is 14.9. The standard InChI is InChI=1S/C16H22N7O2P/c1-26(2,25)15-5-3-4-13(9-15)20-16(24)12-6-11(10-19-22-17)7-14(8-12)21-23-18/h6-8,13,15H,3-5,9-10H2,1-2H3,(H,20,24). The number of hydrogen-bond donors (Lipinski definition) is 1. The lowest BCUT2D eigenvalue weighted by molar-refractivity contribution is 0.0928. The van der Waals surface area contributed by atoms with Crippen molar-refractivity contribution in [1.82, 2.24) is 5.32 Å². The van der Waals surface area contributed by atoms with Crippen LogP contribution in [0.1, 0.15) is 41.6 Å². The van der Waals surface area contributed by atoms with Gasteiger partial charge in [0.25, 0.3) is 5.91 Å². The molecule has 1 amide bonds. The number of hydrogen-bond acceptors (Lipinski definition) is 4. The van der Waals surface area contributed by atoms with Crippen LogP contribution in [-0.2, 0) is 11.1 Å². The van der Waals surface area contributed by atoms with E-state index in [4.69, 9.17) is 11.1 Å². The summed E-state index contributed by atoms with van der Waals surface area (Å²) in [5.41, 5.74) is 18.4. The summed E-state index contributed by atoms with van der Waals surface area (Å²) >= 11 is 0. The van der Waals surface area contributed by atoms with Gasteiger partial charge >= 0.3 is 0 Å². The van der Waals surface area contributed by atoms with Crippen LogP contribution in [0, 0.1) is 0 Å². The molecule has 9 nitrogen and oxygen atoms in total. The molecule has 0 aliphatic heterocycles. The molecule has 1 aromatic carbocycles. The molecule has 10 heteroatoms. The van der Waals surface area contributed by atoms with Crippen molar-refractivity contribution in [2.75, 3.05) is 13.3 Å². The van der Waals surface area contributed by atoms with Crippen molar-refractivity contribution < 1.29 is 9.36 Å². The molecule has 1 saturated carbocycles. The Morgan fingerprint density at radius 3 is 2.69 bits per heavy atom. The van der Waals surface area contributed by atoms with E-state index >= 15 is 0 Å². The van der Waals surface area contributed by atoms with E-state index in [9.17, 15) is 9.36 Å². The van der Waals surface area contributed by atoms with E-state index in [0.717, 1.165) is 19.3 Å². The summed E-state index contributed by atoms with van der Waals surface area (Å²) in [4.78, 5) is 18.1. The maximum atomic E-state index is 12.6. The number of amides is 1. The SMILES string of the molecule is CP(C)(=O)C1CCCC(NC(=O)c2cc(CN=[N+]=[N-])cc(N=[N+]=[N-])c2)C1. The molecule has 2 unspecified atom stereocenters. The normalized spacial score (nSPS) is 19.8. The molecule has 1 N–H and O–H groups in total. The van der Waals surface area contributed by atoms with Gasteiger partial charge in [0, 0.05) is 32.8 Å². The molecular weight excluding hydrogens is 353 g/mol. The Hall–Kier alpha value is -2.46. The predicted octanol–water partition coefficient (Wildman–Crippen LogP) is 5.10. The zero-order valence-corrected chi connectivity index (χ0v) is 15.8. The fourth-order valence-corrected chi connectivity index (χ4v) is 4.81. The van der Waals surface area contributed by atoms with Gasteiger partial charge in [0.2, 0.25) is 0 Å². The van der Waals surface area contributed by atoms with Crippen LogP contribution < -0.4 is 5.32 Å². The Balaban J connectivity index is 2.17. The molecule has 0 aromatic heterocycles. The molecule has 1 aliphatic rings. The van der Waals surface area contributed by atoms with Crippen molar-refractivity contribution in [1.29, 1.82) is 0 Å². The number of azide groups is 2. The van der Waals surface area contributed by atoms with E-state index in [-0.39, 0.29) is 29.8 Å². The summed E-state index contributed by atoms with van der Waals surface area (Å²) in [6, 6.07) is 4.66. The smallest absolute Gasteiger partial charge is 0.251 e. The Bertz CT molecular complexity index is 822. The fraction of sp³-hybridized carbons (Fsp3) is 0.562. The molecular formula is C16H22N7O2P. The fourth-order valence-electron chi connectivity index (χ4n) is 3.25. The van der Waals surface area contributed by atoms with Crippen molar-refractivity contribution >= 4 is 18.7 Å². The highest BCUT2D eigenvalue weighted by Crippen LogP contribution is 2.48. The molecule has 2 atom stereocenters. The number of benzene rings is 1. The van der Waals surface area contributed by atoms with Crippen LogP contribution in [0.15, 0.2) is 28.4 Å². The molecule has 1 aliphatic carbocycles. The molecule has 2 rings (SSSR count). The van der Waals surface area contributed by atoms with Gasteiger partial charge in [0.15, 0.2) is 0 Å². The Labute approximate surface area is 151 Å². The Morgan fingerprint density at radius 1 is 1.27 bits per heavy atom. The second kappa shape index (κ2) is 8.77. The quantitative estimate of drug-likeness (QED) is 0.319. The van der Waals surface area contributed by atoms with Crippen LogP contribution in [0.2, 0.25) is 0 Å². The Morgan fingerprint density at radius 2 is 2.04 bits per heavy atom. The third-order valence-corrected chi connectivity index (χ3v) is 6.81. The summed E-state index contributed by atoms with van der Waals surface area (Å²) in [7, 11) is -2.18. The van der Waals surface area contributed by atoms with E-state index in [1.807, 2.05) is 0 Å². The second-order valence-corrected chi connectivity index (χ2v) is 10.5. The zero-order chi connectivity index (χ0) is 19.2. The van der Waals surface area contributed by atoms with Gasteiger partial charge < -0.3 is 9.88 Å². The molecule has 1 fully saturated rings. The van der Waals surface area contributed by atoms with Crippen molar-refractivity contribution in [2.24, 2.45) is 10.2 Å². The molecule has 0 heterocycles. The minimum atomic E-state index is -2.18. The van der Waals surface area contributed by atoms with E-state index in [1.54, 1.807) is 25.5 Å². The minimum absolute atomic E-state index is 0.0295. The molecule has 1 aromatic rings. The van der Waals surface area contributed by atoms with Crippen LogP contribution in [-0.4, -0.2) is 30.9 Å². The van der Waals surface area contributed by atoms with Gasteiger partial charge in [-0.1, -0.05) is 16.6 Å². The third kappa shape index (κ3) is 5.53. The average molecular weight is 375 g/mol. The van der Waals surface area contributed by atoms with E-state index in [1.165, 1.54) is 6.07 Å². The van der Waals surface area contributed by atoms with Crippen molar-refractivity contribution in [3.63, 3.8) is 0 Å². The average Bonchev–Trinajstić information content (AvgIpc) is 2.59. The third-order valence-electron chi connectivity index (χ3n) is 4.58. The Kier molecular flexibility index (Phi) is 6.70. The lowest BCUT2D eigenvalue weighted by Gasteiger charge is -2.32. The van der Waals surface area contributed by atoms with Gasteiger partial charge in [-0.2, -0.15) is 0 Å². The first-order valence-electron chi connectivity index (χ1n) is 8.39. The van der Waals surface area contributed by atoms with Gasteiger partial charge in [-0.15, -0.1) is 0 Å².